The zero-order valence-electron chi connectivity index (χ0n) is 15.0. The highest BCUT2D eigenvalue weighted by atomic mass is 35.5. The van der Waals surface area contributed by atoms with Gasteiger partial charge in [0.2, 0.25) is 0 Å². The molecule has 1 aromatic heterocycles. The maximum absolute atomic E-state index is 12.6. The van der Waals surface area contributed by atoms with Crippen LogP contribution in [0.3, 0.4) is 0 Å². The van der Waals surface area contributed by atoms with E-state index in [0.29, 0.717) is 23.0 Å². The lowest BCUT2D eigenvalue weighted by Gasteiger charge is -2.25. The molecule has 0 radical (unpaired) electrons. The fourth-order valence-electron chi connectivity index (χ4n) is 2.77. The van der Waals surface area contributed by atoms with Crippen molar-refractivity contribution < 1.29 is 4.79 Å². The van der Waals surface area contributed by atoms with E-state index in [0.717, 1.165) is 5.69 Å². The number of rotatable bonds is 5. The smallest absolute Gasteiger partial charge is 0.273 e. The van der Waals surface area contributed by atoms with Crippen LogP contribution >= 0.6 is 11.6 Å². The Balaban J connectivity index is 1.75. The number of hydrogen-bond acceptors (Lipinski definition) is 3. The van der Waals surface area contributed by atoms with Gasteiger partial charge in [0.25, 0.3) is 5.91 Å². The number of benzene rings is 2. The molecule has 5 nitrogen and oxygen atoms in total. The van der Waals surface area contributed by atoms with Crippen LogP contribution in [0, 0.1) is 6.92 Å². The van der Waals surface area contributed by atoms with Gasteiger partial charge in [-0.25, -0.2) is 4.68 Å². The van der Waals surface area contributed by atoms with Gasteiger partial charge in [-0.3, -0.25) is 4.79 Å². The molecule has 0 aliphatic carbocycles. The molecular weight excluding hydrogens is 348 g/mol. The van der Waals surface area contributed by atoms with Gasteiger partial charge in [-0.2, -0.15) is 0 Å². The molecule has 3 aromatic rings. The van der Waals surface area contributed by atoms with E-state index >= 15 is 0 Å². The topological polar surface area (TPSA) is 59.8 Å². The van der Waals surface area contributed by atoms with Crippen LogP contribution in [0.4, 0.5) is 0 Å². The summed E-state index contributed by atoms with van der Waals surface area (Å²) in [4.78, 5) is 12.6. The SMILES string of the molecule is Cc1c(C(=O)NCC(C)(C)c2ccccc2)nnn1-c1cccc(Cl)c1. The Hall–Kier alpha value is -2.66. The number of halogens is 1. The molecule has 2 aromatic carbocycles. The van der Waals surface area contributed by atoms with Crippen molar-refractivity contribution in [3.8, 4) is 5.69 Å². The number of amides is 1. The summed E-state index contributed by atoms with van der Waals surface area (Å²) in [6.07, 6.45) is 0. The molecule has 0 unspecified atom stereocenters. The van der Waals surface area contributed by atoms with E-state index in [1.54, 1.807) is 16.8 Å². The lowest BCUT2D eigenvalue weighted by atomic mass is 9.84. The average molecular weight is 369 g/mol. The normalized spacial score (nSPS) is 11.4. The Bertz CT molecular complexity index is 919. The fraction of sp³-hybridized carbons (Fsp3) is 0.250. The minimum absolute atomic E-state index is 0.187. The molecule has 0 saturated heterocycles. The first-order valence-electron chi connectivity index (χ1n) is 8.40. The van der Waals surface area contributed by atoms with Crippen molar-refractivity contribution in [1.29, 1.82) is 0 Å². The van der Waals surface area contributed by atoms with E-state index in [9.17, 15) is 4.79 Å². The second kappa shape index (κ2) is 7.30. The lowest BCUT2D eigenvalue weighted by Crippen LogP contribution is -2.37. The molecule has 0 aliphatic heterocycles. The number of carbonyl (C=O) groups is 1. The van der Waals surface area contributed by atoms with Gasteiger partial charge in [0.1, 0.15) is 0 Å². The zero-order valence-corrected chi connectivity index (χ0v) is 15.8. The molecule has 0 spiro atoms. The van der Waals surface area contributed by atoms with E-state index in [2.05, 4.69) is 41.6 Å². The standard InChI is InChI=1S/C20H21ClN4O/c1-14-18(23-24-25(14)17-11-7-10-16(21)12-17)19(26)22-13-20(2,3)15-8-5-4-6-9-15/h4-12H,13H2,1-3H3,(H,22,26). The highest BCUT2D eigenvalue weighted by molar-refractivity contribution is 6.30. The number of carbonyl (C=O) groups excluding carboxylic acids is 1. The molecule has 0 aliphatic rings. The predicted octanol–water partition coefficient (Wildman–Crippen LogP) is 3.94. The van der Waals surface area contributed by atoms with Crippen molar-refractivity contribution >= 4 is 17.5 Å². The third-order valence-electron chi connectivity index (χ3n) is 4.41. The Morgan fingerprint density at radius 1 is 1.15 bits per heavy atom. The summed E-state index contributed by atoms with van der Waals surface area (Å²) in [6, 6.07) is 17.4. The summed E-state index contributed by atoms with van der Waals surface area (Å²) in [5, 5.41) is 11.7. The molecular formula is C20H21ClN4O. The van der Waals surface area contributed by atoms with Crippen LogP contribution in [0.25, 0.3) is 5.69 Å². The van der Waals surface area contributed by atoms with E-state index in [1.807, 2.05) is 37.3 Å². The highest BCUT2D eigenvalue weighted by Crippen LogP contribution is 2.22. The first-order chi connectivity index (χ1) is 12.4. The minimum Gasteiger partial charge on any atom is -0.350 e. The molecule has 26 heavy (non-hydrogen) atoms. The maximum Gasteiger partial charge on any atom is 0.273 e. The van der Waals surface area contributed by atoms with Crippen molar-refractivity contribution in [2.45, 2.75) is 26.2 Å². The fourth-order valence-corrected chi connectivity index (χ4v) is 2.95. The van der Waals surface area contributed by atoms with Gasteiger partial charge in [-0.1, -0.05) is 67.1 Å². The summed E-state index contributed by atoms with van der Waals surface area (Å²) < 4.78 is 1.61. The van der Waals surface area contributed by atoms with Crippen molar-refractivity contribution in [2.75, 3.05) is 6.54 Å². The van der Waals surface area contributed by atoms with Crippen LogP contribution in [0.1, 0.15) is 35.6 Å². The molecule has 3 rings (SSSR count). The van der Waals surface area contributed by atoms with Crippen LogP contribution in [0.15, 0.2) is 54.6 Å². The molecule has 0 saturated carbocycles. The van der Waals surface area contributed by atoms with Gasteiger partial charge in [0.05, 0.1) is 11.4 Å². The Morgan fingerprint density at radius 3 is 2.58 bits per heavy atom. The first-order valence-corrected chi connectivity index (χ1v) is 8.78. The van der Waals surface area contributed by atoms with Crippen molar-refractivity contribution in [1.82, 2.24) is 20.3 Å². The van der Waals surface area contributed by atoms with Gasteiger partial charge < -0.3 is 5.32 Å². The monoisotopic (exact) mass is 368 g/mol. The van der Waals surface area contributed by atoms with Crippen LogP contribution < -0.4 is 5.32 Å². The van der Waals surface area contributed by atoms with Gasteiger partial charge in [-0.05, 0) is 30.7 Å². The Kier molecular flexibility index (Phi) is 5.09. The molecule has 1 amide bonds. The predicted molar refractivity (Wildman–Crippen MR) is 103 cm³/mol. The van der Waals surface area contributed by atoms with E-state index in [4.69, 9.17) is 11.6 Å². The van der Waals surface area contributed by atoms with Crippen LogP contribution in [0.2, 0.25) is 5.02 Å². The second-order valence-corrected chi connectivity index (χ2v) is 7.28. The van der Waals surface area contributed by atoms with E-state index in [-0.39, 0.29) is 11.3 Å². The molecule has 6 heteroatoms. The molecule has 1 heterocycles. The quantitative estimate of drug-likeness (QED) is 0.742. The molecule has 1 N–H and O–H groups in total. The molecule has 134 valence electrons. The largest absolute Gasteiger partial charge is 0.350 e. The van der Waals surface area contributed by atoms with Crippen molar-refractivity contribution in [3.05, 3.63) is 76.6 Å². The Labute approximate surface area is 158 Å². The van der Waals surface area contributed by atoms with E-state index in [1.165, 1.54) is 5.56 Å². The molecule has 0 atom stereocenters. The second-order valence-electron chi connectivity index (χ2n) is 6.85. The van der Waals surface area contributed by atoms with Crippen molar-refractivity contribution in [3.63, 3.8) is 0 Å². The molecule has 0 bridgehead atoms. The maximum atomic E-state index is 12.6. The van der Waals surface area contributed by atoms with Gasteiger partial charge in [0.15, 0.2) is 5.69 Å². The van der Waals surface area contributed by atoms with E-state index < -0.39 is 0 Å². The highest BCUT2D eigenvalue weighted by Gasteiger charge is 2.23. The summed E-state index contributed by atoms with van der Waals surface area (Å²) in [7, 11) is 0. The van der Waals surface area contributed by atoms with Gasteiger partial charge in [0, 0.05) is 17.0 Å². The summed E-state index contributed by atoms with van der Waals surface area (Å²) in [5.41, 5.74) is 2.73. The summed E-state index contributed by atoms with van der Waals surface area (Å²) in [5.74, 6) is -0.236. The number of nitrogens with zero attached hydrogens (tertiary/aromatic N) is 3. The third-order valence-corrected chi connectivity index (χ3v) is 4.64. The summed E-state index contributed by atoms with van der Waals surface area (Å²) >= 11 is 6.03. The number of aromatic nitrogens is 3. The number of nitrogens with one attached hydrogen (secondary N) is 1. The number of hydrogen-bond donors (Lipinski definition) is 1. The third kappa shape index (κ3) is 3.78. The first kappa shape index (κ1) is 18.1. The zero-order chi connectivity index (χ0) is 18.7. The molecule has 0 fully saturated rings. The van der Waals surface area contributed by atoms with Crippen molar-refractivity contribution in [2.24, 2.45) is 0 Å². The Morgan fingerprint density at radius 2 is 1.88 bits per heavy atom. The van der Waals surface area contributed by atoms with Crippen LogP contribution in [-0.4, -0.2) is 27.4 Å². The average Bonchev–Trinajstić information content (AvgIpc) is 3.02. The lowest BCUT2D eigenvalue weighted by molar-refractivity contribution is 0.0940. The van der Waals surface area contributed by atoms with Gasteiger partial charge in [-0.15, -0.1) is 5.10 Å². The van der Waals surface area contributed by atoms with Gasteiger partial charge >= 0.3 is 0 Å². The van der Waals surface area contributed by atoms with Crippen LogP contribution in [0.5, 0.6) is 0 Å². The minimum atomic E-state index is -0.236. The summed E-state index contributed by atoms with van der Waals surface area (Å²) in [6.45, 7) is 6.51. The van der Waals surface area contributed by atoms with Crippen LogP contribution in [-0.2, 0) is 5.41 Å².